The van der Waals surface area contributed by atoms with E-state index >= 15 is 0 Å². The zero-order valence-corrected chi connectivity index (χ0v) is 18.2. The average molecular weight is 413 g/mol. The number of Topliss-reactive ketones (excluding diaryl/α,β-unsaturated/α-hetero) is 1. The fraction of sp³-hybridized carbons (Fsp3) is 0.500. The summed E-state index contributed by atoms with van der Waals surface area (Å²) < 4.78 is 0. The molecule has 0 aromatic heterocycles. The van der Waals surface area contributed by atoms with Gasteiger partial charge in [0.2, 0.25) is 0 Å². The third-order valence-electron chi connectivity index (χ3n) is 6.30. The van der Waals surface area contributed by atoms with Crippen molar-refractivity contribution in [3.8, 4) is 0 Å². The molecule has 5 heteroatoms. The van der Waals surface area contributed by atoms with E-state index in [1.807, 2.05) is 36.1 Å². The van der Waals surface area contributed by atoms with Crippen LogP contribution in [-0.2, 0) is 9.59 Å². The van der Waals surface area contributed by atoms with E-state index in [0.717, 1.165) is 54.9 Å². The Labute approximate surface area is 178 Å². The zero-order chi connectivity index (χ0) is 20.8. The van der Waals surface area contributed by atoms with Crippen molar-refractivity contribution in [2.75, 3.05) is 13.1 Å². The third-order valence-corrected chi connectivity index (χ3v) is 6.53. The molecule has 0 radical (unpaired) electrons. The van der Waals surface area contributed by atoms with Crippen LogP contribution in [0.2, 0.25) is 5.02 Å². The lowest BCUT2D eigenvalue weighted by atomic mass is 9.68. The highest BCUT2D eigenvalue weighted by molar-refractivity contribution is 6.30. The van der Waals surface area contributed by atoms with Gasteiger partial charge in [0.05, 0.1) is 0 Å². The molecule has 0 spiro atoms. The number of ketones is 1. The number of hydrogen-bond acceptors (Lipinski definition) is 3. The van der Waals surface area contributed by atoms with Crippen LogP contribution >= 0.6 is 11.6 Å². The Hall–Kier alpha value is -2.07. The van der Waals surface area contributed by atoms with E-state index in [0.29, 0.717) is 17.0 Å². The Bertz CT molecular complexity index is 923. The van der Waals surface area contributed by atoms with Crippen molar-refractivity contribution in [3.05, 3.63) is 57.4 Å². The molecule has 1 atom stereocenters. The Kier molecular flexibility index (Phi) is 5.32. The van der Waals surface area contributed by atoms with Crippen molar-refractivity contribution < 1.29 is 9.59 Å². The number of amides is 1. The molecule has 1 aliphatic carbocycles. The summed E-state index contributed by atoms with van der Waals surface area (Å²) in [4.78, 5) is 28.8. The first-order valence-electron chi connectivity index (χ1n) is 10.6. The first-order valence-corrected chi connectivity index (χ1v) is 10.9. The first-order chi connectivity index (χ1) is 13.8. The number of dihydropyridines is 1. The molecule has 29 heavy (non-hydrogen) atoms. The zero-order valence-electron chi connectivity index (χ0n) is 17.5. The Morgan fingerprint density at radius 3 is 2.59 bits per heavy atom. The van der Waals surface area contributed by atoms with Crippen LogP contribution in [0.1, 0.15) is 64.4 Å². The van der Waals surface area contributed by atoms with Gasteiger partial charge >= 0.3 is 0 Å². The molecule has 1 aromatic rings. The summed E-state index contributed by atoms with van der Waals surface area (Å²) in [5, 5.41) is 4.07. The van der Waals surface area contributed by atoms with Gasteiger partial charge < -0.3 is 10.2 Å². The minimum Gasteiger partial charge on any atom is -0.362 e. The van der Waals surface area contributed by atoms with Crippen LogP contribution in [0.4, 0.5) is 0 Å². The maximum Gasteiger partial charge on any atom is 0.252 e. The highest BCUT2D eigenvalue weighted by Crippen LogP contribution is 2.47. The Morgan fingerprint density at radius 1 is 1.17 bits per heavy atom. The number of nitrogens with one attached hydrogen (secondary N) is 1. The van der Waals surface area contributed by atoms with Crippen molar-refractivity contribution in [3.63, 3.8) is 0 Å². The largest absolute Gasteiger partial charge is 0.362 e. The van der Waals surface area contributed by atoms with Crippen molar-refractivity contribution >= 4 is 23.3 Å². The molecule has 0 saturated carbocycles. The van der Waals surface area contributed by atoms with Crippen molar-refractivity contribution in [1.82, 2.24) is 10.2 Å². The quantitative estimate of drug-likeness (QED) is 0.747. The van der Waals surface area contributed by atoms with Gasteiger partial charge in [0.1, 0.15) is 0 Å². The van der Waals surface area contributed by atoms with Gasteiger partial charge in [-0.15, -0.1) is 0 Å². The van der Waals surface area contributed by atoms with Gasteiger partial charge in [-0.05, 0) is 55.7 Å². The van der Waals surface area contributed by atoms with E-state index < -0.39 is 0 Å². The summed E-state index contributed by atoms with van der Waals surface area (Å²) in [5.41, 5.74) is 4.09. The van der Waals surface area contributed by atoms with E-state index in [1.165, 1.54) is 6.42 Å². The van der Waals surface area contributed by atoms with Crippen LogP contribution in [0, 0.1) is 5.41 Å². The lowest BCUT2D eigenvalue weighted by Crippen LogP contribution is -2.43. The molecular formula is C24H29ClN2O2. The minimum absolute atomic E-state index is 0.0452. The normalized spacial score (nSPS) is 24.3. The maximum absolute atomic E-state index is 13.6. The van der Waals surface area contributed by atoms with Crippen LogP contribution in [0.15, 0.2) is 46.8 Å². The first kappa shape index (κ1) is 20.2. The second-order valence-corrected chi connectivity index (χ2v) is 9.77. The SMILES string of the molecule is CC1=C(C(=O)N2CCCCC2)C(c2cccc(Cl)c2)C2=C(CC(C)(C)CC2=O)N1. The van der Waals surface area contributed by atoms with Crippen LogP contribution in [0.3, 0.4) is 0 Å². The molecule has 2 aliphatic heterocycles. The Balaban J connectivity index is 1.83. The molecule has 1 aromatic carbocycles. The summed E-state index contributed by atoms with van der Waals surface area (Å²) in [6.45, 7) is 7.77. The second kappa shape index (κ2) is 7.64. The molecule has 4 nitrogen and oxygen atoms in total. The van der Waals surface area contributed by atoms with Crippen molar-refractivity contribution in [2.45, 2.75) is 58.8 Å². The average Bonchev–Trinajstić information content (AvgIpc) is 2.66. The summed E-state index contributed by atoms with van der Waals surface area (Å²) in [7, 11) is 0. The number of hydrogen-bond donors (Lipinski definition) is 1. The van der Waals surface area contributed by atoms with E-state index in [9.17, 15) is 9.59 Å². The van der Waals surface area contributed by atoms with Gasteiger partial charge in [0.25, 0.3) is 5.91 Å². The lowest BCUT2D eigenvalue weighted by molar-refractivity contribution is -0.128. The van der Waals surface area contributed by atoms with Crippen molar-refractivity contribution in [2.24, 2.45) is 5.41 Å². The summed E-state index contributed by atoms with van der Waals surface area (Å²) >= 11 is 6.31. The maximum atomic E-state index is 13.6. The number of rotatable bonds is 2. The van der Waals surface area contributed by atoms with E-state index in [4.69, 9.17) is 11.6 Å². The Morgan fingerprint density at radius 2 is 1.90 bits per heavy atom. The number of likely N-dealkylation sites (tertiary alicyclic amines) is 1. The van der Waals surface area contributed by atoms with Gasteiger partial charge in [-0.2, -0.15) is 0 Å². The number of carbonyl (C=O) groups is 2. The predicted octanol–water partition coefficient (Wildman–Crippen LogP) is 4.96. The fourth-order valence-electron chi connectivity index (χ4n) is 5.01. The standard InChI is InChI=1S/C24H29ClN2O2/c1-15-20(23(29)27-10-5-4-6-11-27)21(16-8-7-9-17(25)12-16)22-18(26-15)13-24(2,3)14-19(22)28/h7-9,12,21,26H,4-6,10-11,13-14H2,1-3H3. The van der Waals surface area contributed by atoms with Crippen LogP contribution in [0.25, 0.3) is 0 Å². The van der Waals surface area contributed by atoms with Gasteiger partial charge in [0, 0.05) is 53.0 Å². The number of nitrogens with zero attached hydrogens (tertiary/aromatic N) is 1. The van der Waals surface area contributed by atoms with E-state index in [1.54, 1.807) is 0 Å². The van der Waals surface area contributed by atoms with Crippen molar-refractivity contribution in [1.29, 1.82) is 0 Å². The summed E-state index contributed by atoms with van der Waals surface area (Å²) in [6, 6.07) is 7.60. The molecule has 2 heterocycles. The highest BCUT2D eigenvalue weighted by Gasteiger charge is 2.43. The second-order valence-electron chi connectivity index (χ2n) is 9.34. The number of halogens is 1. The van der Waals surface area contributed by atoms with Gasteiger partial charge in [-0.3, -0.25) is 9.59 Å². The number of allylic oxidation sites excluding steroid dienone is 3. The molecule has 0 bridgehead atoms. The molecule has 1 amide bonds. The third kappa shape index (κ3) is 3.87. The topological polar surface area (TPSA) is 49.4 Å². The minimum atomic E-state index is -0.358. The summed E-state index contributed by atoms with van der Waals surface area (Å²) in [5.74, 6) is -0.183. The summed E-state index contributed by atoms with van der Waals surface area (Å²) in [6.07, 6.45) is 4.53. The molecule has 1 fully saturated rings. The van der Waals surface area contributed by atoms with Crippen LogP contribution < -0.4 is 5.32 Å². The van der Waals surface area contributed by atoms with Gasteiger partial charge in [-0.1, -0.05) is 37.6 Å². The monoisotopic (exact) mass is 412 g/mol. The molecule has 1 N–H and O–H groups in total. The lowest BCUT2D eigenvalue weighted by Gasteiger charge is -2.41. The molecule has 3 aliphatic rings. The fourth-order valence-corrected chi connectivity index (χ4v) is 5.21. The molecule has 154 valence electrons. The molecule has 4 rings (SSSR count). The van der Waals surface area contributed by atoms with Crippen LogP contribution in [0.5, 0.6) is 0 Å². The number of benzene rings is 1. The van der Waals surface area contributed by atoms with Crippen LogP contribution in [-0.4, -0.2) is 29.7 Å². The van der Waals surface area contributed by atoms with Gasteiger partial charge in [0.15, 0.2) is 5.78 Å². The predicted molar refractivity (Wildman–Crippen MR) is 116 cm³/mol. The smallest absolute Gasteiger partial charge is 0.252 e. The molecule has 1 unspecified atom stereocenters. The number of piperidine rings is 1. The van der Waals surface area contributed by atoms with E-state index in [2.05, 4.69) is 19.2 Å². The van der Waals surface area contributed by atoms with E-state index in [-0.39, 0.29) is 23.0 Å². The highest BCUT2D eigenvalue weighted by atomic mass is 35.5. The number of carbonyl (C=O) groups excluding carboxylic acids is 2. The molecule has 1 saturated heterocycles. The van der Waals surface area contributed by atoms with Gasteiger partial charge in [-0.25, -0.2) is 0 Å². The molecular weight excluding hydrogens is 384 g/mol.